The van der Waals surface area contributed by atoms with Crippen LogP contribution in [-0.2, 0) is 5.41 Å². The Hall–Kier alpha value is -9.32. The van der Waals surface area contributed by atoms with Crippen LogP contribution in [0.1, 0.15) is 22.3 Å². The van der Waals surface area contributed by atoms with Crippen LogP contribution >= 0.6 is 0 Å². The first-order valence-electron chi connectivity index (χ1n) is 23.8. The van der Waals surface area contributed by atoms with E-state index in [4.69, 9.17) is 19.4 Å². The minimum Gasteiger partial charge on any atom is -0.450 e. The van der Waals surface area contributed by atoms with Gasteiger partial charge in [0.05, 0.1) is 27.8 Å². The number of ether oxygens (including phenoxy) is 2. The molecular weight excluding hydrogens is 855 g/mol. The van der Waals surface area contributed by atoms with E-state index in [2.05, 4.69) is 205 Å². The Labute approximate surface area is 404 Å². The number of hydrogen-bond donors (Lipinski definition) is 0. The van der Waals surface area contributed by atoms with Crippen LogP contribution in [0.25, 0.3) is 94.8 Å². The predicted molar refractivity (Wildman–Crippen MR) is 281 cm³/mol. The monoisotopic (exact) mass is 893 g/mol. The molecule has 326 valence electrons. The molecule has 1 spiro atoms. The van der Waals surface area contributed by atoms with Crippen molar-refractivity contribution in [3.63, 3.8) is 0 Å². The minimum absolute atomic E-state index is 0.647. The molecule has 0 saturated heterocycles. The first-order chi connectivity index (χ1) is 34.7. The van der Waals surface area contributed by atoms with Gasteiger partial charge >= 0.3 is 0 Å². The van der Waals surface area contributed by atoms with Crippen LogP contribution in [0.4, 0.5) is 0 Å². The largest absolute Gasteiger partial charge is 0.450 e. The summed E-state index contributed by atoms with van der Waals surface area (Å²) in [6, 6.07) is 84.2. The standard InChI is InChI=1S/C65H39N3O2/c1-3-16-40(17-4-1)55-39-56(41-18-5-2-6-19-41)67-64(66-55)44-20-15-21-45(36-44)68-57-27-12-9-24-49(57)51-37-42(31-34-58(51)68)43-30-32-48-50-33-35-61-63(70-60-29-14-13-28-59(60)69-61)62(50)65(54(48)38-43)52-25-10-7-22-46(52)47-23-8-11-26-53(47)65/h1-39H. The lowest BCUT2D eigenvalue weighted by atomic mass is 9.70. The maximum absolute atomic E-state index is 6.96. The van der Waals surface area contributed by atoms with E-state index in [0.717, 1.165) is 90.1 Å². The van der Waals surface area contributed by atoms with Gasteiger partial charge in [-0.05, 0) is 111 Å². The Kier molecular flexibility index (Phi) is 8.21. The van der Waals surface area contributed by atoms with Crippen LogP contribution in [0, 0.1) is 0 Å². The van der Waals surface area contributed by atoms with Gasteiger partial charge in [0, 0.05) is 38.7 Å². The number of rotatable bonds is 5. The van der Waals surface area contributed by atoms with E-state index in [1.807, 2.05) is 36.4 Å². The zero-order chi connectivity index (χ0) is 45.9. The molecule has 10 aromatic carbocycles. The molecule has 0 bridgehead atoms. The van der Waals surface area contributed by atoms with Crippen LogP contribution in [0.5, 0.6) is 23.0 Å². The maximum Gasteiger partial charge on any atom is 0.175 e. The summed E-state index contributed by atoms with van der Waals surface area (Å²) < 4.78 is 16.0. The van der Waals surface area contributed by atoms with E-state index in [-0.39, 0.29) is 0 Å². The highest BCUT2D eigenvalue weighted by Gasteiger charge is 2.54. The highest BCUT2D eigenvalue weighted by molar-refractivity contribution is 6.11. The van der Waals surface area contributed by atoms with Gasteiger partial charge in [-0.1, -0.05) is 176 Å². The van der Waals surface area contributed by atoms with Crippen molar-refractivity contribution in [1.29, 1.82) is 0 Å². The molecule has 70 heavy (non-hydrogen) atoms. The summed E-state index contributed by atoms with van der Waals surface area (Å²) in [4.78, 5) is 10.4. The molecule has 0 saturated carbocycles. The van der Waals surface area contributed by atoms with Crippen LogP contribution < -0.4 is 9.47 Å². The third-order valence-electron chi connectivity index (χ3n) is 14.7. The van der Waals surface area contributed by atoms with Crippen LogP contribution in [-0.4, -0.2) is 14.5 Å². The highest BCUT2D eigenvalue weighted by Crippen LogP contribution is 2.67. The van der Waals surface area contributed by atoms with Gasteiger partial charge in [0.15, 0.2) is 28.8 Å². The average Bonchev–Trinajstić information content (AvgIpc) is 4.05. The molecule has 15 rings (SSSR count). The van der Waals surface area contributed by atoms with E-state index in [0.29, 0.717) is 5.82 Å². The van der Waals surface area contributed by atoms with Crippen molar-refractivity contribution in [2.45, 2.75) is 5.41 Å². The van der Waals surface area contributed by atoms with Crippen molar-refractivity contribution in [1.82, 2.24) is 14.5 Å². The predicted octanol–water partition coefficient (Wildman–Crippen LogP) is 16.5. The Balaban J connectivity index is 0.891. The topological polar surface area (TPSA) is 49.2 Å². The lowest BCUT2D eigenvalue weighted by Gasteiger charge is -2.33. The van der Waals surface area contributed by atoms with Crippen molar-refractivity contribution < 1.29 is 9.47 Å². The van der Waals surface area contributed by atoms with Gasteiger partial charge < -0.3 is 14.0 Å². The fourth-order valence-corrected chi connectivity index (χ4v) is 11.7. The zero-order valence-electron chi connectivity index (χ0n) is 37.7. The average molecular weight is 894 g/mol. The van der Waals surface area contributed by atoms with Crippen LogP contribution in [0.15, 0.2) is 237 Å². The molecule has 3 aliphatic rings. The summed E-state index contributed by atoms with van der Waals surface area (Å²) in [6.07, 6.45) is 0. The van der Waals surface area contributed by atoms with Crippen LogP contribution in [0.3, 0.4) is 0 Å². The second-order valence-corrected chi connectivity index (χ2v) is 18.4. The first kappa shape index (κ1) is 38.8. The molecule has 0 atom stereocenters. The number of fused-ring (bicyclic) bond motifs is 16. The van der Waals surface area contributed by atoms with Gasteiger partial charge in [-0.25, -0.2) is 9.97 Å². The van der Waals surface area contributed by atoms with Gasteiger partial charge in [0.2, 0.25) is 0 Å². The highest BCUT2D eigenvalue weighted by atomic mass is 16.6. The molecule has 2 aromatic heterocycles. The number of aromatic nitrogens is 3. The molecular formula is C65H39N3O2. The van der Waals surface area contributed by atoms with E-state index >= 15 is 0 Å². The second kappa shape index (κ2) is 14.8. The van der Waals surface area contributed by atoms with Crippen molar-refractivity contribution in [3.05, 3.63) is 259 Å². The number of hydrogen-bond acceptors (Lipinski definition) is 4. The van der Waals surface area contributed by atoms with Crippen molar-refractivity contribution >= 4 is 21.8 Å². The molecule has 0 radical (unpaired) electrons. The molecule has 1 aliphatic heterocycles. The SMILES string of the molecule is c1ccc(-c2cc(-c3ccccc3)nc(-c3cccc(-n4c5ccccc5c5cc(-c6ccc7c(c6)C6(c8ccccc8-c8ccccc86)c6c-7ccc7c6Oc6ccccc6O7)ccc54)c3)n2)cc1. The lowest BCUT2D eigenvalue weighted by molar-refractivity contribution is 0.354. The summed E-state index contributed by atoms with van der Waals surface area (Å²) in [7, 11) is 0. The molecule has 0 fully saturated rings. The molecule has 5 heteroatoms. The van der Waals surface area contributed by atoms with Crippen molar-refractivity contribution in [2.75, 3.05) is 0 Å². The smallest absolute Gasteiger partial charge is 0.175 e. The van der Waals surface area contributed by atoms with Gasteiger partial charge in [-0.3, -0.25) is 0 Å². The molecule has 5 nitrogen and oxygen atoms in total. The Morgan fingerprint density at radius 2 is 0.914 bits per heavy atom. The fraction of sp³-hybridized carbons (Fsp3) is 0.0154. The normalized spacial score (nSPS) is 13.2. The fourth-order valence-electron chi connectivity index (χ4n) is 11.7. The lowest BCUT2D eigenvalue weighted by Crippen LogP contribution is -2.27. The first-order valence-corrected chi connectivity index (χ1v) is 23.8. The van der Waals surface area contributed by atoms with Crippen LogP contribution in [0.2, 0.25) is 0 Å². The molecule has 0 N–H and O–H groups in total. The Morgan fingerprint density at radius 1 is 0.343 bits per heavy atom. The van der Waals surface area contributed by atoms with Crippen molar-refractivity contribution in [2.24, 2.45) is 0 Å². The van der Waals surface area contributed by atoms with Gasteiger partial charge in [0.25, 0.3) is 0 Å². The van der Waals surface area contributed by atoms with Gasteiger partial charge in [0.1, 0.15) is 0 Å². The molecule has 0 amide bonds. The minimum atomic E-state index is -0.647. The van der Waals surface area contributed by atoms with Gasteiger partial charge in [-0.15, -0.1) is 0 Å². The molecule has 3 heterocycles. The summed E-state index contributed by atoms with van der Waals surface area (Å²) in [5.41, 5.74) is 19.4. The van der Waals surface area contributed by atoms with Gasteiger partial charge in [-0.2, -0.15) is 0 Å². The summed E-state index contributed by atoms with van der Waals surface area (Å²) in [5.74, 6) is 3.61. The Bertz CT molecular complexity index is 4030. The van der Waals surface area contributed by atoms with E-state index < -0.39 is 5.41 Å². The van der Waals surface area contributed by atoms with E-state index in [1.54, 1.807) is 0 Å². The van der Waals surface area contributed by atoms with E-state index in [9.17, 15) is 0 Å². The molecule has 0 unspecified atom stereocenters. The quantitative estimate of drug-likeness (QED) is 0.173. The van der Waals surface area contributed by atoms with Crippen molar-refractivity contribution in [3.8, 4) is 96.0 Å². The molecule has 2 aliphatic carbocycles. The van der Waals surface area contributed by atoms with E-state index in [1.165, 1.54) is 44.2 Å². The zero-order valence-corrected chi connectivity index (χ0v) is 37.7. The second-order valence-electron chi connectivity index (χ2n) is 18.4. The summed E-state index contributed by atoms with van der Waals surface area (Å²) in [6.45, 7) is 0. The number of benzene rings is 10. The molecule has 12 aromatic rings. The number of para-hydroxylation sites is 3. The Morgan fingerprint density at radius 3 is 1.66 bits per heavy atom. The number of nitrogens with zero attached hydrogens (tertiary/aromatic N) is 3. The third-order valence-corrected chi connectivity index (χ3v) is 14.7. The summed E-state index contributed by atoms with van der Waals surface area (Å²) in [5, 5.41) is 2.37. The third kappa shape index (κ3) is 5.54. The maximum atomic E-state index is 6.96. The summed E-state index contributed by atoms with van der Waals surface area (Å²) >= 11 is 0.